The largest absolute Gasteiger partial charge is 0.493 e. The molecule has 0 unspecified atom stereocenters. The van der Waals surface area contributed by atoms with Crippen LogP contribution < -0.4 is 4.74 Å². The molecule has 1 aliphatic heterocycles. The maximum atomic E-state index is 5.59. The molecule has 1 aromatic carbocycles. The van der Waals surface area contributed by atoms with Gasteiger partial charge in [-0.1, -0.05) is 32.9 Å². The number of hydrogen-bond donors (Lipinski definition) is 0. The molecule has 14 heavy (non-hydrogen) atoms. The van der Waals surface area contributed by atoms with Crippen LogP contribution in [0.15, 0.2) is 18.2 Å². The number of aryl methyl sites for hydroxylation is 1. The van der Waals surface area contributed by atoms with Gasteiger partial charge in [-0.3, -0.25) is 0 Å². The summed E-state index contributed by atoms with van der Waals surface area (Å²) in [7, 11) is 0. The van der Waals surface area contributed by atoms with Crippen molar-refractivity contribution < 1.29 is 4.74 Å². The summed E-state index contributed by atoms with van der Waals surface area (Å²) in [5.74, 6) is 1.09. The number of rotatable bonds is 0. The first-order valence-corrected chi connectivity index (χ1v) is 5.33. The minimum atomic E-state index is 0.243. The SMILES string of the molecule is CC(C)(C)c1ccc2c(c1)CCCO2. The Labute approximate surface area is 86.1 Å². The number of hydrogen-bond acceptors (Lipinski definition) is 1. The Morgan fingerprint density at radius 2 is 2.00 bits per heavy atom. The van der Waals surface area contributed by atoms with Crippen LogP contribution in [-0.2, 0) is 11.8 Å². The van der Waals surface area contributed by atoms with Crippen molar-refractivity contribution in [1.82, 2.24) is 0 Å². The molecule has 1 heteroatoms. The van der Waals surface area contributed by atoms with E-state index in [1.54, 1.807) is 0 Å². The van der Waals surface area contributed by atoms with Gasteiger partial charge in [0.1, 0.15) is 5.75 Å². The van der Waals surface area contributed by atoms with Gasteiger partial charge in [-0.05, 0) is 35.4 Å². The van der Waals surface area contributed by atoms with Gasteiger partial charge in [-0.25, -0.2) is 0 Å². The maximum absolute atomic E-state index is 5.59. The molecule has 0 bridgehead atoms. The van der Waals surface area contributed by atoms with Crippen molar-refractivity contribution in [3.8, 4) is 5.75 Å². The average Bonchev–Trinajstić information content (AvgIpc) is 2.16. The van der Waals surface area contributed by atoms with E-state index >= 15 is 0 Å². The zero-order valence-electron chi connectivity index (χ0n) is 9.26. The van der Waals surface area contributed by atoms with Gasteiger partial charge in [0, 0.05) is 0 Å². The zero-order chi connectivity index (χ0) is 10.2. The molecule has 0 saturated carbocycles. The summed E-state index contributed by atoms with van der Waals surface area (Å²) in [6.45, 7) is 7.62. The number of benzene rings is 1. The lowest BCUT2D eigenvalue weighted by molar-refractivity contribution is 0.288. The van der Waals surface area contributed by atoms with Crippen molar-refractivity contribution in [1.29, 1.82) is 0 Å². The molecule has 0 saturated heterocycles. The fourth-order valence-electron chi connectivity index (χ4n) is 1.83. The Morgan fingerprint density at radius 1 is 1.21 bits per heavy atom. The monoisotopic (exact) mass is 190 g/mol. The molecule has 1 aliphatic rings. The third-order valence-corrected chi connectivity index (χ3v) is 2.77. The molecule has 0 amide bonds. The molecule has 0 atom stereocenters. The van der Waals surface area contributed by atoms with E-state index in [-0.39, 0.29) is 5.41 Å². The van der Waals surface area contributed by atoms with Crippen molar-refractivity contribution >= 4 is 0 Å². The molecular formula is C13H18O. The molecule has 1 heterocycles. The van der Waals surface area contributed by atoms with Gasteiger partial charge < -0.3 is 4.74 Å². The van der Waals surface area contributed by atoms with Crippen molar-refractivity contribution in [3.05, 3.63) is 29.3 Å². The summed E-state index contributed by atoms with van der Waals surface area (Å²) in [6, 6.07) is 6.60. The Kier molecular flexibility index (Phi) is 2.26. The van der Waals surface area contributed by atoms with Crippen molar-refractivity contribution in [2.24, 2.45) is 0 Å². The van der Waals surface area contributed by atoms with E-state index in [4.69, 9.17) is 4.74 Å². The maximum Gasteiger partial charge on any atom is 0.122 e. The summed E-state index contributed by atoms with van der Waals surface area (Å²) in [5.41, 5.74) is 3.03. The Bertz CT molecular complexity index is 334. The second-order valence-corrected chi connectivity index (χ2v) is 5.02. The summed E-state index contributed by atoms with van der Waals surface area (Å²) >= 11 is 0. The van der Waals surface area contributed by atoms with Crippen LogP contribution in [0.1, 0.15) is 38.3 Å². The highest BCUT2D eigenvalue weighted by Crippen LogP contribution is 2.30. The molecule has 1 aromatic rings. The van der Waals surface area contributed by atoms with E-state index in [1.807, 2.05) is 0 Å². The van der Waals surface area contributed by atoms with Crippen LogP contribution in [0.3, 0.4) is 0 Å². The lowest BCUT2D eigenvalue weighted by atomic mass is 9.85. The molecule has 1 nitrogen and oxygen atoms in total. The highest BCUT2D eigenvalue weighted by atomic mass is 16.5. The minimum absolute atomic E-state index is 0.243. The number of fused-ring (bicyclic) bond motifs is 1. The first-order valence-electron chi connectivity index (χ1n) is 5.33. The third-order valence-electron chi connectivity index (χ3n) is 2.77. The average molecular weight is 190 g/mol. The summed E-state index contributed by atoms with van der Waals surface area (Å²) in [6.07, 6.45) is 2.32. The molecule has 0 radical (unpaired) electrons. The van der Waals surface area contributed by atoms with Crippen molar-refractivity contribution in [3.63, 3.8) is 0 Å². The van der Waals surface area contributed by atoms with Crippen LogP contribution in [0, 0.1) is 0 Å². The molecule has 0 spiro atoms. The Hall–Kier alpha value is -0.980. The summed E-state index contributed by atoms with van der Waals surface area (Å²) < 4.78 is 5.59. The van der Waals surface area contributed by atoms with E-state index in [0.29, 0.717) is 0 Å². The van der Waals surface area contributed by atoms with Gasteiger partial charge in [-0.15, -0.1) is 0 Å². The molecule has 76 valence electrons. The lowest BCUT2D eigenvalue weighted by Crippen LogP contribution is -2.14. The van der Waals surface area contributed by atoms with Crippen LogP contribution in [0.2, 0.25) is 0 Å². The van der Waals surface area contributed by atoms with E-state index in [9.17, 15) is 0 Å². The van der Waals surface area contributed by atoms with Gasteiger partial charge >= 0.3 is 0 Å². The van der Waals surface area contributed by atoms with Crippen LogP contribution in [0.4, 0.5) is 0 Å². The lowest BCUT2D eigenvalue weighted by Gasteiger charge is -2.23. The molecular weight excluding hydrogens is 172 g/mol. The van der Waals surface area contributed by atoms with E-state index in [1.165, 1.54) is 17.5 Å². The smallest absolute Gasteiger partial charge is 0.122 e. The van der Waals surface area contributed by atoms with Gasteiger partial charge in [0.15, 0.2) is 0 Å². The molecule has 0 N–H and O–H groups in total. The first kappa shape index (κ1) is 9.57. The van der Waals surface area contributed by atoms with Crippen molar-refractivity contribution in [2.75, 3.05) is 6.61 Å². The van der Waals surface area contributed by atoms with E-state index in [2.05, 4.69) is 39.0 Å². The van der Waals surface area contributed by atoms with Gasteiger partial charge in [0.05, 0.1) is 6.61 Å². The predicted molar refractivity (Wildman–Crippen MR) is 59.0 cm³/mol. The van der Waals surface area contributed by atoms with Crippen molar-refractivity contribution in [2.45, 2.75) is 39.0 Å². The summed E-state index contributed by atoms with van der Waals surface area (Å²) in [4.78, 5) is 0. The normalized spacial score (nSPS) is 15.9. The van der Waals surface area contributed by atoms with Gasteiger partial charge in [-0.2, -0.15) is 0 Å². The molecule has 0 aliphatic carbocycles. The molecule has 2 rings (SSSR count). The standard InChI is InChI=1S/C13H18O/c1-13(2,3)11-6-7-12-10(9-11)5-4-8-14-12/h6-7,9H,4-5,8H2,1-3H3. The van der Waals surface area contributed by atoms with Gasteiger partial charge in [0.2, 0.25) is 0 Å². The van der Waals surface area contributed by atoms with Crippen LogP contribution in [-0.4, -0.2) is 6.61 Å². The second-order valence-electron chi connectivity index (χ2n) is 5.02. The predicted octanol–water partition coefficient (Wildman–Crippen LogP) is 3.31. The summed E-state index contributed by atoms with van der Waals surface area (Å²) in [5, 5.41) is 0. The highest BCUT2D eigenvalue weighted by molar-refractivity contribution is 5.40. The first-order chi connectivity index (χ1) is 6.57. The quantitative estimate of drug-likeness (QED) is 0.610. The molecule has 0 aromatic heterocycles. The van der Waals surface area contributed by atoms with Crippen LogP contribution >= 0.6 is 0 Å². The van der Waals surface area contributed by atoms with E-state index < -0.39 is 0 Å². The fraction of sp³-hybridized carbons (Fsp3) is 0.538. The topological polar surface area (TPSA) is 9.23 Å². The van der Waals surface area contributed by atoms with Crippen LogP contribution in [0.5, 0.6) is 5.75 Å². The van der Waals surface area contributed by atoms with Crippen LogP contribution in [0.25, 0.3) is 0 Å². The second kappa shape index (κ2) is 3.30. The third kappa shape index (κ3) is 1.77. The van der Waals surface area contributed by atoms with E-state index in [0.717, 1.165) is 18.8 Å². The Balaban J connectivity index is 2.39. The number of ether oxygens (including phenoxy) is 1. The zero-order valence-corrected chi connectivity index (χ0v) is 9.26. The Morgan fingerprint density at radius 3 is 2.71 bits per heavy atom. The highest BCUT2D eigenvalue weighted by Gasteiger charge is 2.17. The fourth-order valence-corrected chi connectivity index (χ4v) is 1.83. The minimum Gasteiger partial charge on any atom is -0.493 e. The van der Waals surface area contributed by atoms with Gasteiger partial charge in [0.25, 0.3) is 0 Å². The molecule has 0 fully saturated rings.